The average Bonchev–Trinajstić information content (AvgIpc) is 3.06. The van der Waals surface area contributed by atoms with Crippen molar-refractivity contribution in [1.82, 2.24) is 9.97 Å². The first-order valence-corrected chi connectivity index (χ1v) is 8.79. The molecule has 3 fully saturated rings. The number of aromatic nitrogens is 2. The van der Waals surface area contributed by atoms with Crippen molar-refractivity contribution < 1.29 is 0 Å². The van der Waals surface area contributed by atoms with E-state index < -0.39 is 0 Å². The summed E-state index contributed by atoms with van der Waals surface area (Å²) in [5.74, 6) is 5.42. The summed E-state index contributed by atoms with van der Waals surface area (Å²) in [5, 5.41) is 3.65. The van der Waals surface area contributed by atoms with Crippen molar-refractivity contribution >= 4 is 21.7 Å². The first-order valence-electron chi connectivity index (χ1n) is 8.00. The Balaban J connectivity index is 1.48. The second-order valence-electron chi connectivity index (χ2n) is 6.98. The van der Waals surface area contributed by atoms with Gasteiger partial charge in [0.1, 0.15) is 16.2 Å². The molecule has 20 heavy (non-hydrogen) atoms. The molecule has 0 amide bonds. The fraction of sp³-hybridized carbons (Fsp3) is 0.750. The highest BCUT2D eigenvalue weighted by atomic mass is 79.9. The Morgan fingerprint density at radius 1 is 1.20 bits per heavy atom. The molecule has 0 saturated heterocycles. The maximum atomic E-state index is 4.72. The predicted molar refractivity (Wildman–Crippen MR) is 83.7 cm³/mol. The molecular formula is C16H22BrN3. The van der Waals surface area contributed by atoms with Crippen LogP contribution in [0, 0.1) is 17.8 Å². The van der Waals surface area contributed by atoms with Crippen LogP contribution in [0.3, 0.4) is 0 Å². The molecule has 1 heterocycles. The molecular weight excluding hydrogens is 314 g/mol. The smallest absolute Gasteiger partial charge is 0.135 e. The number of fused-ring (bicyclic) bond motifs is 2. The average molecular weight is 336 g/mol. The number of rotatable bonds is 4. The van der Waals surface area contributed by atoms with Crippen LogP contribution in [-0.4, -0.2) is 16.0 Å². The molecule has 108 valence electrons. The van der Waals surface area contributed by atoms with Crippen LogP contribution in [0.25, 0.3) is 0 Å². The zero-order valence-corrected chi connectivity index (χ0v) is 13.6. The monoisotopic (exact) mass is 335 g/mol. The summed E-state index contributed by atoms with van der Waals surface area (Å²) in [6.07, 6.45) is 8.30. The molecule has 1 N–H and O–H groups in total. The third kappa shape index (κ3) is 2.47. The number of hydrogen-bond acceptors (Lipinski definition) is 3. The van der Waals surface area contributed by atoms with Gasteiger partial charge in [-0.05, 0) is 72.7 Å². The van der Waals surface area contributed by atoms with Crippen LogP contribution in [0.5, 0.6) is 0 Å². The highest BCUT2D eigenvalue weighted by molar-refractivity contribution is 9.10. The normalized spacial score (nSPS) is 33.4. The molecule has 2 bridgehead atoms. The van der Waals surface area contributed by atoms with Gasteiger partial charge in [0.05, 0.1) is 0 Å². The van der Waals surface area contributed by atoms with E-state index in [0.29, 0.717) is 12.0 Å². The Labute approximate surface area is 129 Å². The summed E-state index contributed by atoms with van der Waals surface area (Å²) in [6, 6.07) is 2.55. The molecule has 4 atom stereocenters. The number of nitrogens with one attached hydrogen (secondary N) is 1. The lowest BCUT2D eigenvalue weighted by Crippen LogP contribution is -2.30. The lowest BCUT2D eigenvalue weighted by atomic mass is 9.84. The first-order chi connectivity index (χ1) is 9.69. The fourth-order valence-electron chi connectivity index (χ4n) is 4.28. The van der Waals surface area contributed by atoms with E-state index >= 15 is 0 Å². The molecule has 3 saturated carbocycles. The molecule has 0 aliphatic heterocycles. The van der Waals surface area contributed by atoms with E-state index in [2.05, 4.69) is 33.2 Å². The zero-order chi connectivity index (χ0) is 13.7. The molecule has 4 heteroatoms. The highest BCUT2D eigenvalue weighted by Gasteiger charge is 2.41. The van der Waals surface area contributed by atoms with Crippen molar-refractivity contribution in [2.45, 2.75) is 57.4 Å². The molecule has 3 nitrogen and oxygen atoms in total. The van der Waals surface area contributed by atoms with Crippen LogP contribution in [0.15, 0.2) is 10.7 Å². The summed E-state index contributed by atoms with van der Waals surface area (Å²) in [5.41, 5.74) is 0. The Morgan fingerprint density at radius 2 is 2.05 bits per heavy atom. The minimum absolute atomic E-state index is 0.527. The molecule has 1 aromatic rings. The van der Waals surface area contributed by atoms with Gasteiger partial charge in [0.15, 0.2) is 0 Å². The van der Waals surface area contributed by atoms with Crippen molar-refractivity contribution in [1.29, 1.82) is 0 Å². The van der Waals surface area contributed by atoms with Gasteiger partial charge in [0.25, 0.3) is 0 Å². The summed E-state index contributed by atoms with van der Waals surface area (Å²) in [4.78, 5) is 9.22. The second-order valence-corrected chi connectivity index (χ2v) is 7.79. The van der Waals surface area contributed by atoms with Crippen molar-refractivity contribution in [3.05, 3.63) is 16.5 Å². The van der Waals surface area contributed by atoms with Gasteiger partial charge in [0.2, 0.25) is 0 Å². The van der Waals surface area contributed by atoms with E-state index in [-0.39, 0.29) is 0 Å². The van der Waals surface area contributed by atoms with Gasteiger partial charge < -0.3 is 5.32 Å². The van der Waals surface area contributed by atoms with Gasteiger partial charge in [-0.2, -0.15) is 0 Å². The Bertz CT molecular complexity index is 514. The predicted octanol–water partition coefficient (Wildman–Crippen LogP) is 4.35. The molecule has 3 aliphatic rings. The van der Waals surface area contributed by atoms with Crippen molar-refractivity contribution in [2.24, 2.45) is 17.8 Å². The molecule has 1 aromatic heterocycles. The maximum absolute atomic E-state index is 4.72. The van der Waals surface area contributed by atoms with E-state index in [9.17, 15) is 0 Å². The van der Waals surface area contributed by atoms with Gasteiger partial charge in [0, 0.05) is 18.0 Å². The van der Waals surface area contributed by atoms with Crippen molar-refractivity contribution in [3.8, 4) is 0 Å². The fourth-order valence-corrected chi connectivity index (χ4v) is 4.68. The second kappa shape index (κ2) is 4.97. The summed E-state index contributed by atoms with van der Waals surface area (Å²) >= 11 is 3.52. The van der Waals surface area contributed by atoms with Crippen LogP contribution < -0.4 is 5.32 Å². The summed E-state index contributed by atoms with van der Waals surface area (Å²) in [7, 11) is 0. The lowest BCUT2D eigenvalue weighted by Gasteiger charge is -2.29. The minimum Gasteiger partial charge on any atom is -0.367 e. The number of anilines is 1. The maximum Gasteiger partial charge on any atom is 0.135 e. The number of hydrogen-bond donors (Lipinski definition) is 1. The van der Waals surface area contributed by atoms with Crippen LogP contribution in [0.4, 0.5) is 5.82 Å². The van der Waals surface area contributed by atoms with E-state index in [0.717, 1.165) is 34.0 Å². The van der Waals surface area contributed by atoms with E-state index in [1.54, 1.807) is 0 Å². The van der Waals surface area contributed by atoms with E-state index in [1.807, 2.05) is 6.07 Å². The van der Waals surface area contributed by atoms with Crippen LogP contribution in [-0.2, 0) is 0 Å². The number of nitrogens with zero attached hydrogens (tertiary/aromatic N) is 2. The van der Waals surface area contributed by atoms with Gasteiger partial charge in [-0.25, -0.2) is 9.97 Å². The third-order valence-corrected chi connectivity index (χ3v) is 5.87. The summed E-state index contributed by atoms with van der Waals surface area (Å²) in [6.45, 7) is 2.33. The Hall–Kier alpha value is -0.640. The summed E-state index contributed by atoms with van der Waals surface area (Å²) < 4.78 is 0.914. The molecule has 4 rings (SSSR count). The number of halogens is 1. The third-order valence-electron chi connectivity index (χ3n) is 5.47. The molecule has 0 spiro atoms. The zero-order valence-electron chi connectivity index (χ0n) is 12.0. The Morgan fingerprint density at radius 3 is 2.70 bits per heavy atom. The highest BCUT2D eigenvalue weighted by Crippen LogP contribution is 2.49. The van der Waals surface area contributed by atoms with Crippen LogP contribution in [0.1, 0.15) is 57.2 Å². The molecule has 3 aliphatic carbocycles. The first kappa shape index (κ1) is 13.1. The molecule has 0 aromatic carbocycles. The minimum atomic E-state index is 0.527. The van der Waals surface area contributed by atoms with Crippen LogP contribution >= 0.6 is 15.9 Å². The van der Waals surface area contributed by atoms with Crippen molar-refractivity contribution in [2.75, 3.05) is 5.32 Å². The lowest BCUT2D eigenvalue weighted by molar-refractivity contribution is 0.304. The topological polar surface area (TPSA) is 37.8 Å². The van der Waals surface area contributed by atoms with Crippen molar-refractivity contribution in [3.63, 3.8) is 0 Å². The Kier molecular flexibility index (Phi) is 3.24. The van der Waals surface area contributed by atoms with Gasteiger partial charge in [-0.15, -0.1) is 0 Å². The van der Waals surface area contributed by atoms with E-state index in [4.69, 9.17) is 4.98 Å². The largest absolute Gasteiger partial charge is 0.367 e. The van der Waals surface area contributed by atoms with Gasteiger partial charge in [-0.3, -0.25) is 0 Å². The van der Waals surface area contributed by atoms with Crippen LogP contribution in [0.2, 0.25) is 0 Å². The SMILES string of the molecule is CC(Nc1cc(Br)nc(C2CC2)n1)C1CC2CCC1C2. The van der Waals surface area contributed by atoms with Gasteiger partial charge >= 0.3 is 0 Å². The standard InChI is InChI=1S/C16H22BrN3/c1-9(13-7-10-2-3-12(13)6-10)18-15-8-14(17)19-16(20-15)11-4-5-11/h8-13H,2-7H2,1H3,(H,18,19,20). The molecule has 4 unspecified atom stereocenters. The van der Waals surface area contributed by atoms with Gasteiger partial charge in [-0.1, -0.05) is 6.42 Å². The van der Waals surface area contributed by atoms with E-state index in [1.165, 1.54) is 38.5 Å². The molecule has 0 radical (unpaired) electrons. The quantitative estimate of drug-likeness (QED) is 0.831.